The van der Waals surface area contributed by atoms with Gasteiger partial charge in [-0.1, -0.05) is 5.16 Å². The zero-order chi connectivity index (χ0) is 15.6. The molecule has 116 valence electrons. The first-order valence-electron chi connectivity index (χ1n) is 7.44. The average molecular weight is 309 g/mol. The lowest BCUT2D eigenvalue weighted by atomic mass is 10.1. The van der Waals surface area contributed by atoms with E-state index < -0.39 is 0 Å². The van der Waals surface area contributed by atoms with Crippen LogP contribution in [0.15, 0.2) is 35.4 Å². The van der Waals surface area contributed by atoms with E-state index in [9.17, 15) is 0 Å². The van der Waals surface area contributed by atoms with E-state index in [2.05, 4.69) is 35.0 Å². The molecule has 1 aliphatic rings. The van der Waals surface area contributed by atoms with Gasteiger partial charge in [-0.2, -0.15) is 4.98 Å². The van der Waals surface area contributed by atoms with Gasteiger partial charge in [0.05, 0.1) is 17.8 Å². The predicted octanol–water partition coefficient (Wildman–Crippen LogP) is 1.62. The third-order valence-corrected chi connectivity index (χ3v) is 3.83. The Hall–Kier alpha value is -2.90. The molecule has 8 heteroatoms. The van der Waals surface area contributed by atoms with E-state index in [0.29, 0.717) is 17.7 Å². The molecule has 1 fully saturated rings. The number of hydrogen-bond donors (Lipinski definition) is 0. The van der Waals surface area contributed by atoms with Crippen LogP contribution in [0.1, 0.15) is 24.1 Å². The lowest BCUT2D eigenvalue weighted by molar-refractivity contribution is 0.356. The summed E-state index contributed by atoms with van der Waals surface area (Å²) in [5.41, 5.74) is 1.50. The molecule has 0 radical (unpaired) electrons. The van der Waals surface area contributed by atoms with Gasteiger partial charge in [-0.25, -0.2) is 9.97 Å². The minimum atomic E-state index is 0.222. The standard InChI is InChI=1S/C15H15N7O/c1-10-19-14(23-21-10)11-3-7-22(9-11)15-18-4-2-12(20-15)13-8-16-5-6-17-13/h2,4-6,8,11H,3,7,9H2,1H3. The number of aryl methyl sites for hydroxylation is 1. The van der Waals surface area contributed by atoms with Crippen LogP contribution in [0.25, 0.3) is 11.4 Å². The Labute approximate surface area is 132 Å². The van der Waals surface area contributed by atoms with Crippen molar-refractivity contribution in [2.75, 3.05) is 18.0 Å². The van der Waals surface area contributed by atoms with Crippen LogP contribution in [-0.4, -0.2) is 43.2 Å². The topological polar surface area (TPSA) is 93.7 Å². The van der Waals surface area contributed by atoms with Gasteiger partial charge in [0, 0.05) is 31.7 Å². The van der Waals surface area contributed by atoms with E-state index in [1.165, 1.54) is 0 Å². The maximum atomic E-state index is 5.28. The van der Waals surface area contributed by atoms with E-state index in [4.69, 9.17) is 4.52 Å². The van der Waals surface area contributed by atoms with Crippen LogP contribution >= 0.6 is 0 Å². The lowest BCUT2D eigenvalue weighted by Crippen LogP contribution is -2.21. The van der Waals surface area contributed by atoms with Crippen molar-refractivity contribution in [3.8, 4) is 11.4 Å². The van der Waals surface area contributed by atoms with Crippen LogP contribution < -0.4 is 4.90 Å². The number of anilines is 1. The third kappa shape index (κ3) is 2.75. The van der Waals surface area contributed by atoms with Crippen LogP contribution in [0.4, 0.5) is 5.95 Å². The largest absolute Gasteiger partial charge is 0.340 e. The van der Waals surface area contributed by atoms with Gasteiger partial charge in [-0.05, 0) is 19.4 Å². The Morgan fingerprint density at radius 2 is 2.09 bits per heavy atom. The van der Waals surface area contributed by atoms with E-state index in [1.54, 1.807) is 24.8 Å². The van der Waals surface area contributed by atoms with Crippen molar-refractivity contribution in [2.45, 2.75) is 19.3 Å². The van der Waals surface area contributed by atoms with Crippen LogP contribution in [-0.2, 0) is 0 Å². The molecule has 1 unspecified atom stereocenters. The van der Waals surface area contributed by atoms with Gasteiger partial charge in [0.15, 0.2) is 5.82 Å². The number of rotatable bonds is 3. The monoisotopic (exact) mass is 309 g/mol. The maximum absolute atomic E-state index is 5.28. The van der Waals surface area contributed by atoms with Crippen LogP contribution in [0.3, 0.4) is 0 Å². The zero-order valence-electron chi connectivity index (χ0n) is 12.6. The lowest BCUT2D eigenvalue weighted by Gasteiger charge is -2.15. The third-order valence-electron chi connectivity index (χ3n) is 3.83. The summed E-state index contributed by atoms with van der Waals surface area (Å²) in [6.07, 6.45) is 7.68. The van der Waals surface area contributed by atoms with Crippen molar-refractivity contribution >= 4 is 5.95 Å². The first kappa shape index (κ1) is 13.7. The van der Waals surface area contributed by atoms with Crippen LogP contribution in [0.5, 0.6) is 0 Å². The highest BCUT2D eigenvalue weighted by Gasteiger charge is 2.29. The molecule has 0 N–H and O–H groups in total. The summed E-state index contributed by atoms with van der Waals surface area (Å²) in [6.45, 7) is 3.45. The highest BCUT2D eigenvalue weighted by Crippen LogP contribution is 2.28. The quantitative estimate of drug-likeness (QED) is 0.720. The Morgan fingerprint density at radius 1 is 1.13 bits per heavy atom. The molecule has 0 saturated carbocycles. The maximum Gasteiger partial charge on any atom is 0.231 e. The molecule has 3 aromatic heterocycles. The van der Waals surface area contributed by atoms with Gasteiger partial charge in [0.1, 0.15) is 5.69 Å². The molecule has 4 heterocycles. The summed E-state index contributed by atoms with van der Waals surface area (Å²) in [4.78, 5) is 23.8. The Morgan fingerprint density at radius 3 is 2.87 bits per heavy atom. The molecular formula is C15H15N7O. The molecule has 1 saturated heterocycles. The SMILES string of the molecule is Cc1noc(C2CCN(c3nccc(-c4cnccn4)n3)C2)n1. The van der Waals surface area contributed by atoms with Crippen molar-refractivity contribution in [3.05, 3.63) is 42.6 Å². The predicted molar refractivity (Wildman–Crippen MR) is 81.7 cm³/mol. The smallest absolute Gasteiger partial charge is 0.231 e. The second kappa shape index (κ2) is 5.71. The van der Waals surface area contributed by atoms with Crippen molar-refractivity contribution in [2.24, 2.45) is 0 Å². The molecule has 4 rings (SSSR count). The van der Waals surface area contributed by atoms with Gasteiger partial charge in [0.25, 0.3) is 0 Å². The molecule has 0 aromatic carbocycles. The molecule has 23 heavy (non-hydrogen) atoms. The van der Waals surface area contributed by atoms with Crippen molar-refractivity contribution in [1.29, 1.82) is 0 Å². The van der Waals surface area contributed by atoms with Gasteiger partial charge >= 0.3 is 0 Å². The molecule has 1 aliphatic heterocycles. The van der Waals surface area contributed by atoms with Crippen LogP contribution in [0, 0.1) is 6.92 Å². The van der Waals surface area contributed by atoms with Gasteiger partial charge in [0.2, 0.25) is 11.8 Å². The van der Waals surface area contributed by atoms with E-state index in [-0.39, 0.29) is 5.92 Å². The molecule has 0 spiro atoms. The molecule has 0 aliphatic carbocycles. The van der Waals surface area contributed by atoms with Crippen molar-refractivity contribution < 1.29 is 4.52 Å². The molecule has 3 aromatic rings. The van der Waals surface area contributed by atoms with E-state index >= 15 is 0 Å². The molecule has 1 atom stereocenters. The molecular weight excluding hydrogens is 294 g/mol. The number of hydrogen-bond acceptors (Lipinski definition) is 8. The first-order valence-corrected chi connectivity index (χ1v) is 7.44. The Bertz CT molecular complexity index is 804. The van der Waals surface area contributed by atoms with Crippen molar-refractivity contribution in [1.82, 2.24) is 30.1 Å². The van der Waals surface area contributed by atoms with E-state index in [0.717, 1.165) is 30.9 Å². The fourth-order valence-corrected chi connectivity index (χ4v) is 2.70. The second-order valence-corrected chi connectivity index (χ2v) is 5.44. The van der Waals surface area contributed by atoms with Crippen molar-refractivity contribution in [3.63, 3.8) is 0 Å². The molecule has 0 amide bonds. The highest BCUT2D eigenvalue weighted by atomic mass is 16.5. The minimum absolute atomic E-state index is 0.222. The minimum Gasteiger partial charge on any atom is -0.340 e. The summed E-state index contributed by atoms with van der Waals surface area (Å²) in [7, 11) is 0. The van der Waals surface area contributed by atoms with Gasteiger partial charge < -0.3 is 9.42 Å². The fourth-order valence-electron chi connectivity index (χ4n) is 2.70. The second-order valence-electron chi connectivity index (χ2n) is 5.44. The first-order chi connectivity index (χ1) is 11.3. The summed E-state index contributed by atoms with van der Waals surface area (Å²) in [6, 6.07) is 1.84. The fraction of sp³-hybridized carbons (Fsp3) is 0.333. The van der Waals surface area contributed by atoms with Gasteiger partial charge in [-0.15, -0.1) is 0 Å². The summed E-state index contributed by atoms with van der Waals surface area (Å²) < 4.78 is 5.28. The molecule has 0 bridgehead atoms. The van der Waals surface area contributed by atoms with Gasteiger partial charge in [-0.3, -0.25) is 9.97 Å². The normalized spacial score (nSPS) is 17.6. The number of nitrogens with zero attached hydrogens (tertiary/aromatic N) is 7. The highest BCUT2D eigenvalue weighted by molar-refractivity contribution is 5.54. The Kier molecular flexibility index (Phi) is 3.41. The summed E-state index contributed by atoms with van der Waals surface area (Å²) in [5, 5.41) is 3.86. The average Bonchev–Trinajstić information content (AvgIpc) is 3.25. The zero-order valence-corrected chi connectivity index (χ0v) is 12.6. The van der Waals surface area contributed by atoms with Crippen LogP contribution in [0.2, 0.25) is 0 Å². The summed E-state index contributed by atoms with van der Waals surface area (Å²) >= 11 is 0. The van der Waals surface area contributed by atoms with E-state index in [1.807, 2.05) is 13.0 Å². The Balaban J connectivity index is 1.55. The molecule has 8 nitrogen and oxygen atoms in total. The number of aromatic nitrogens is 6. The summed E-state index contributed by atoms with van der Waals surface area (Å²) in [5.74, 6) is 2.27.